The van der Waals surface area contributed by atoms with Crippen LogP contribution in [-0.4, -0.2) is 19.0 Å². The lowest BCUT2D eigenvalue weighted by atomic mass is 10.1. The van der Waals surface area contributed by atoms with Gasteiger partial charge >= 0.3 is 0 Å². The molecule has 1 aliphatic rings. The van der Waals surface area contributed by atoms with Gasteiger partial charge in [-0.3, -0.25) is 4.79 Å². The Morgan fingerprint density at radius 2 is 1.55 bits per heavy atom. The van der Waals surface area contributed by atoms with Gasteiger partial charge in [-0.1, -0.05) is 71.9 Å². The Labute approximate surface area is 177 Å². The van der Waals surface area contributed by atoms with Crippen LogP contribution >= 0.6 is 0 Å². The maximum Gasteiger partial charge on any atom is 0.250 e. The minimum atomic E-state index is -1.90. The number of aromatic nitrogens is 1. The average molecular weight is 412 g/mol. The van der Waals surface area contributed by atoms with Crippen LogP contribution in [-0.2, 0) is 30.2 Å². The van der Waals surface area contributed by atoms with E-state index in [-0.39, 0.29) is 11.7 Å². The van der Waals surface area contributed by atoms with Crippen molar-refractivity contribution in [2.75, 3.05) is 0 Å². The van der Waals surface area contributed by atoms with Crippen molar-refractivity contribution in [2.24, 2.45) is 0 Å². The van der Waals surface area contributed by atoms with E-state index in [9.17, 15) is 4.79 Å². The maximum absolute atomic E-state index is 12.6. The first-order chi connectivity index (χ1) is 13.7. The molecule has 1 heterocycles. The highest BCUT2D eigenvalue weighted by molar-refractivity contribution is 6.77. The maximum atomic E-state index is 12.6. The molecule has 158 valence electrons. The Morgan fingerprint density at radius 1 is 0.966 bits per heavy atom. The summed E-state index contributed by atoms with van der Waals surface area (Å²) in [6, 6.07) is 12.2. The number of hydrogen-bond acceptors (Lipinski definition) is 2. The monoisotopic (exact) mass is 411 g/mol. The number of aryl methyl sites for hydroxylation is 2. The molecule has 0 amide bonds. The third-order valence-corrected chi connectivity index (χ3v) is 12.9. The number of benzene rings is 1. The first kappa shape index (κ1) is 22.0. The summed E-state index contributed by atoms with van der Waals surface area (Å²) >= 11 is 0. The zero-order chi connectivity index (χ0) is 21.2. The third-order valence-electron chi connectivity index (χ3n) is 6.76. The van der Waals surface area contributed by atoms with Gasteiger partial charge in [0.05, 0.1) is 6.10 Å². The van der Waals surface area contributed by atoms with E-state index in [1.165, 1.54) is 16.7 Å². The van der Waals surface area contributed by atoms with E-state index in [0.29, 0.717) is 16.6 Å². The number of fused-ring (bicyclic) bond motifs is 1. The predicted molar refractivity (Wildman–Crippen MR) is 124 cm³/mol. The molecule has 0 aliphatic heterocycles. The summed E-state index contributed by atoms with van der Waals surface area (Å²) in [4.78, 5) is 12.6. The normalized spacial score (nSPS) is 16.8. The fraction of sp³-hybridized carbons (Fsp3) is 0.560. The van der Waals surface area contributed by atoms with Gasteiger partial charge in [-0.2, -0.15) is 0 Å². The van der Waals surface area contributed by atoms with Crippen molar-refractivity contribution in [3.05, 3.63) is 69.6 Å². The second kappa shape index (κ2) is 9.01. The van der Waals surface area contributed by atoms with Crippen molar-refractivity contribution in [3.8, 4) is 0 Å². The van der Waals surface area contributed by atoms with Crippen LogP contribution in [0.2, 0.25) is 16.6 Å². The lowest BCUT2D eigenvalue weighted by molar-refractivity contribution is 0.184. The van der Waals surface area contributed by atoms with Crippen molar-refractivity contribution in [3.63, 3.8) is 0 Å². The molecule has 0 spiro atoms. The van der Waals surface area contributed by atoms with Crippen molar-refractivity contribution in [2.45, 2.75) is 90.1 Å². The van der Waals surface area contributed by atoms with Crippen molar-refractivity contribution in [1.82, 2.24) is 4.57 Å². The van der Waals surface area contributed by atoms with E-state index in [0.717, 1.165) is 25.8 Å². The fourth-order valence-corrected chi connectivity index (χ4v) is 11.0. The number of rotatable bonds is 8. The van der Waals surface area contributed by atoms with Crippen LogP contribution in [0, 0.1) is 0 Å². The van der Waals surface area contributed by atoms with Crippen LogP contribution in [0.15, 0.2) is 47.4 Å². The van der Waals surface area contributed by atoms with Gasteiger partial charge in [0.15, 0.2) is 0 Å². The summed E-state index contributed by atoms with van der Waals surface area (Å²) in [5.41, 5.74) is 5.60. The quantitative estimate of drug-likeness (QED) is 0.518. The highest BCUT2D eigenvalue weighted by Crippen LogP contribution is 2.44. The Bertz CT molecular complexity index is 848. The first-order valence-electron chi connectivity index (χ1n) is 11.2. The summed E-state index contributed by atoms with van der Waals surface area (Å²) in [5, 5.41) is 0. The van der Waals surface area contributed by atoms with Gasteiger partial charge in [-0.15, -0.1) is 0 Å². The second-order valence-corrected chi connectivity index (χ2v) is 15.0. The lowest BCUT2D eigenvalue weighted by Gasteiger charge is -2.44. The van der Waals surface area contributed by atoms with E-state index < -0.39 is 8.32 Å². The first-order valence-corrected chi connectivity index (χ1v) is 13.3. The summed E-state index contributed by atoms with van der Waals surface area (Å²) in [6.45, 7) is 14.7. The molecule has 1 atom stereocenters. The van der Waals surface area contributed by atoms with Crippen LogP contribution in [0.4, 0.5) is 0 Å². The molecule has 0 bridgehead atoms. The van der Waals surface area contributed by atoms with Crippen molar-refractivity contribution in [1.29, 1.82) is 0 Å². The van der Waals surface area contributed by atoms with Crippen molar-refractivity contribution < 1.29 is 4.43 Å². The molecule has 0 radical (unpaired) electrons. The number of pyridine rings is 1. The topological polar surface area (TPSA) is 31.2 Å². The van der Waals surface area contributed by atoms with E-state index in [4.69, 9.17) is 4.43 Å². The molecule has 29 heavy (non-hydrogen) atoms. The van der Waals surface area contributed by atoms with Gasteiger partial charge in [0.2, 0.25) is 8.32 Å². The summed E-state index contributed by atoms with van der Waals surface area (Å²) in [5.74, 6) is 0. The molecule has 1 aromatic heterocycles. The smallest absolute Gasteiger partial charge is 0.250 e. The Hall–Kier alpha value is -1.65. The average Bonchev–Trinajstić information content (AvgIpc) is 3.05. The predicted octanol–water partition coefficient (Wildman–Crippen LogP) is 5.75. The van der Waals surface area contributed by atoms with Gasteiger partial charge in [0, 0.05) is 18.8 Å². The van der Waals surface area contributed by atoms with Gasteiger partial charge in [0.25, 0.3) is 5.56 Å². The standard InChI is InChI=1S/C25H37NO2Si/c1-18(2)29(19(3)4,20(5)6)28-24-14-22-16-25(27)26(17-23(22)15-24)13-12-21-10-8-7-9-11-21/h7-11,16-20,24H,12-15H2,1-6H3. The fourth-order valence-electron chi connectivity index (χ4n) is 5.45. The Balaban J connectivity index is 1.75. The minimum absolute atomic E-state index is 0.111. The van der Waals surface area contributed by atoms with Gasteiger partial charge in [-0.05, 0) is 52.6 Å². The lowest BCUT2D eigenvalue weighted by Crippen LogP contribution is -2.50. The number of nitrogens with zero attached hydrogens (tertiary/aromatic N) is 1. The molecule has 1 unspecified atom stereocenters. The molecular weight excluding hydrogens is 374 g/mol. The van der Waals surface area contributed by atoms with E-state index in [1.807, 2.05) is 16.7 Å². The molecule has 0 saturated heterocycles. The van der Waals surface area contributed by atoms with Crippen LogP contribution in [0.25, 0.3) is 0 Å². The van der Waals surface area contributed by atoms with Crippen LogP contribution < -0.4 is 5.56 Å². The van der Waals surface area contributed by atoms with Crippen molar-refractivity contribution >= 4 is 8.32 Å². The summed E-state index contributed by atoms with van der Waals surface area (Å²) in [7, 11) is -1.90. The molecule has 0 N–H and O–H groups in total. The molecule has 2 aromatic rings. The van der Waals surface area contributed by atoms with Gasteiger partial charge < -0.3 is 8.99 Å². The van der Waals surface area contributed by atoms with E-state index >= 15 is 0 Å². The van der Waals surface area contributed by atoms with Gasteiger partial charge in [-0.25, -0.2) is 0 Å². The zero-order valence-corrected chi connectivity index (χ0v) is 19.9. The van der Waals surface area contributed by atoms with Crippen LogP contribution in [0.3, 0.4) is 0 Å². The Kier molecular flexibility index (Phi) is 6.85. The van der Waals surface area contributed by atoms with E-state index in [1.54, 1.807) is 0 Å². The molecular formula is C25H37NO2Si. The summed E-state index contributed by atoms with van der Waals surface area (Å²) < 4.78 is 8.88. The largest absolute Gasteiger partial charge is 0.412 e. The van der Waals surface area contributed by atoms with E-state index in [2.05, 4.69) is 72.0 Å². The summed E-state index contributed by atoms with van der Waals surface area (Å²) in [6.07, 6.45) is 5.00. The highest BCUT2D eigenvalue weighted by atomic mass is 28.4. The van der Waals surface area contributed by atoms with Crippen LogP contribution in [0.1, 0.15) is 58.2 Å². The Morgan fingerprint density at radius 3 is 2.14 bits per heavy atom. The second-order valence-electron chi connectivity index (χ2n) is 9.56. The number of hydrogen-bond donors (Lipinski definition) is 0. The minimum Gasteiger partial charge on any atom is -0.412 e. The zero-order valence-electron chi connectivity index (χ0n) is 18.9. The molecule has 4 heteroatoms. The molecule has 3 nitrogen and oxygen atoms in total. The highest BCUT2D eigenvalue weighted by Gasteiger charge is 2.47. The van der Waals surface area contributed by atoms with Gasteiger partial charge in [0.1, 0.15) is 0 Å². The molecule has 0 saturated carbocycles. The molecule has 3 rings (SSSR count). The van der Waals surface area contributed by atoms with Crippen LogP contribution in [0.5, 0.6) is 0 Å². The third kappa shape index (κ3) is 4.59. The SMILES string of the molecule is CC(C)[Si](OC1Cc2cc(=O)n(CCc3ccccc3)cc2C1)(C(C)C)C(C)C. The molecule has 1 aromatic carbocycles. The molecule has 0 fully saturated rings. The molecule has 1 aliphatic carbocycles.